The zero-order chi connectivity index (χ0) is 7.72. The minimum atomic E-state index is -0.233. The van der Waals surface area contributed by atoms with Crippen LogP contribution in [0.5, 0.6) is 5.75 Å². The lowest BCUT2D eigenvalue weighted by Gasteiger charge is -1.98. The minimum Gasteiger partial charge on any atom is -0.505 e. The topological polar surface area (TPSA) is 33.1 Å². The van der Waals surface area contributed by atoms with Crippen molar-refractivity contribution in [2.75, 3.05) is 0 Å². The van der Waals surface area contributed by atoms with Gasteiger partial charge in [0, 0.05) is 0 Å². The van der Waals surface area contributed by atoms with E-state index in [1.54, 1.807) is 0 Å². The number of rotatable bonds is 0. The van der Waals surface area contributed by atoms with E-state index in [9.17, 15) is 0 Å². The summed E-state index contributed by atoms with van der Waals surface area (Å²) in [6.45, 7) is 0. The van der Waals surface area contributed by atoms with Gasteiger partial charge in [0.2, 0.25) is 0 Å². The van der Waals surface area contributed by atoms with Crippen LogP contribution in [0.1, 0.15) is 0 Å². The second kappa shape index (κ2) is 2.82. The summed E-state index contributed by atoms with van der Waals surface area (Å²) in [4.78, 5) is 3.58. The number of pyridine rings is 1. The summed E-state index contributed by atoms with van der Waals surface area (Å²) in [5.74, 6) is -0.233. The molecular weight excluding hydrogens is 196 g/mol. The van der Waals surface area contributed by atoms with Gasteiger partial charge in [-0.1, -0.05) is 34.8 Å². The van der Waals surface area contributed by atoms with Gasteiger partial charge in [0.25, 0.3) is 0 Å². The maximum Gasteiger partial charge on any atom is 0.157 e. The van der Waals surface area contributed by atoms with E-state index in [1.165, 1.54) is 6.20 Å². The third kappa shape index (κ3) is 1.29. The molecule has 0 atom stereocenters. The molecule has 10 heavy (non-hydrogen) atoms. The zero-order valence-corrected chi connectivity index (χ0v) is 6.87. The molecule has 0 aliphatic carbocycles. The molecule has 0 spiro atoms. The molecule has 1 heterocycles. The molecule has 54 valence electrons. The Labute approximate surface area is 72.4 Å². The van der Waals surface area contributed by atoms with Crippen LogP contribution in [-0.2, 0) is 0 Å². The van der Waals surface area contributed by atoms with E-state index in [4.69, 9.17) is 39.9 Å². The number of aromatic nitrogens is 1. The fraction of sp³-hybridized carbons (Fsp3) is 0. The van der Waals surface area contributed by atoms with Crippen LogP contribution in [0.25, 0.3) is 0 Å². The zero-order valence-electron chi connectivity index (χ0n) is 4.61. The van der Waals surface area contributed by atoms with Crippen LogP contribution in [0, 0.1) is 0 Å². The van der Waals surface area contributed by atoms with Crippen molar-refractivity contribution < 1.29 is 5.11 Å². The molecule has 0 aliphatic heterocycles. The summed E-state index contributed by atoms with van der Waals surface area (Å²) in [7, 11) is 0. The highest BCUT2D eigenvalue weighted by atomic mass is 35.5. The van der Waals surface area contributed by atoms with Crippen LogP contribution in [0.15, 0.2) is 6.20 Å². The molecule has 0 unspecified atom stereocenters. The highest BCUT2D eigenvalue weighted by Crippen LogP contribution is 2.34. The van der Waals surface area contributed by atoms with Crippen molar-refractivity contribution in [2.45, 2.75) is 0 Å². The first kappa shape index (κ1) is 7.92. The highest BCUT2D eigenvalue weighted by Gasteiger charge is 2.07. The van der Waals surface area contributed by atoms with Crippen molar-refractivity contribution in [1.29, 1.82) is 0 Å². The SMILES string of the molecule is Oc1c(Cl)cnc(Cl)c1Cl. The minimum absolute atomic E-state index is 0.0193. The normalized spacial score (nSPS) is 9.90. The summed E-state index contributed by atoms with van der Waals surface area (Å²) in [5.41, 5.74) is 0. The van der Waals surface area contributed by atoms with E-state index >= 15 is 0 Å². The molecule has 0 saturated heterocycles. The van der Waals surface area contributed by atoms with E-state index in [0.717, 1.165) is 0 Å². The number of aromatic hydroxyl groups is 1. The van der Waals surface area contributed by atoms with Gasteiger partial charge >= 0.3 is 0 Å². The fourth-order valence-electron chi connectivity index (χ4n) is 0.434. The van der Waals surface area contributed by atoms with Crippen molar-refractivity contribution in [1.82, 2.24) is 4.98 Å². The fourth-order valence-corrected chi connectivity index (χ4v) is 0.914. The van der Waals surface area contributed by atoms with Crippen molar-refractivity contribution in [3.63, 3.8) is 0 Å². The predicted octanol–water partition coefficient (Wildman–Crippen LogP) is 2.75. The Kier molecular flexibility index (Phi) is 2.24. The third-order valence-electron chi connectivity index (χ3n) is 0.906. The summed E-state index contributed by atoms with van der Waals surface area (Å²) < 4.78 is 0. The van der Waals surface area contributed by atoms with Crippen molar-refractivity contribution in [2.24, 2.45) is 0 Å². The van der Waals surface area contributed by atoms with Crippen molar-refractivity contribution >= 4 is 34.8 Å². The predicted molar refractivity (Wildman–Crippen MR) is 40.9 cm³/mol. The molecule has 1 aromatic heterocycles. The van der Waals surface area contributed by atoms with Crippen LogP contribution in [0.2, 0.25) is 15.2 Å². The van der Waals surface area contributed by atoms with Crippen molar-refractivity contribution in [3.05, 3.63) is 21.4 Å². The molecule has 0 aromatic carbocycles. The molecule has 0 radical (unpaired) electrons. The molecule has 1 aromatic rings. The summed E-state index contributed by atoms with van der Waals surface area (Å²) >= 11 is 16.3. The van der Waals surface area contributed by atoms with Crippen LogP contribution >= 0.6 is 34.8 Å². The summed E-state index contributed by atoms with van der Waals surface area (Å²) in [6.07, 6.45) is 1.23. The number of hydrogen-bond acceptors (Lipinski definition) is 2. The average Bonchev–Trinajstić information content (AvgIpc) is 1.93. The first-order valence-corrected chi connectivity index (χ1v) is 3.44. The molecule has 0 aliphatic rings. The quantitative estimate of drug-likeness (QED) is 0.650. The Morgan fingerprint density at radius 3 is 2.40 bits per heavy atom. The summed E-state index contributed by atoms with van der Waals surface area (Å²) in [5, 5.41) is 9.12. The van der Waals surface area contributed by atoms with Gasteiger partial charge in [0.05, 0.1) is 6.20 Å². The molecule has 5 heteroatoms. The second-order valence-electron chi connectivity index (χ2n) is 1.56. The van der Waals surface area contributed by atoms with E-state index in [0.29, 0.717) is 0 Å². The van der Waals surface area contributed by atoms with E-state index in [1.807, 2.05) is 0 Å². The van der Waals surface area contributed by atoms with Gasteiger partial charge in [-0.05, 0) is 0 Å². The second-order valence-corrected chi connectivity index (χ2v) is 2.70. The Bertz CT molecular complexity index is 236. The van der Waals surface area contributed by atoms with E-state index in [2.05, 4.69) is 4.98 Å². The van der Waals surface area contributed by atoms with Crippen LogP contribution in [-0.4, -0.2) is 10.1 Å². The van der Waals surface area contributed by atoms with Gasteiger partial charge in [0.15, 0.2) is 10.9 Å². The first-order valence-electron chi connectivity index (χ1n) is 2.31. The van der Waals surface area contributed by atoms with Crippen LogP contribution < -0.4 is 0 Å². The highest BCUT2D eigenvalue weighted by molar-refractivity contribution is 6.43. The van der Waals surface area contributed by atoms with Gasteiger partial charge in [-0.15, -0.1) is 0 Å². The largest absolute Gasteiger partial charge is 0.505 e. The van der Waals surface area contributed by atoms with E-state index < -0.39 is 0 Å². The Morgan fingerprint density at radius 1 is 1.30 bits per heavy atom. The smallest absolute Gasteiger partial charge is 0.157 e. The number of hydrogen-bond donors (Lipinski definition) is 1. The standard InChI is InChI=1S/C5H2Cl3NO/c6-2-1-9-5(8)3(7)4(2)10/h1H,(H,9,10). The molecule has 2 nitrogen and oxygen atoms in total. The molecular formula is C5H2Cl3NO. The first-order chi connectivity index (χ1) is 4.63. The Hall–Kier alpha value is -0.180. The molecule has 0 fully saturated rings. The van der Waals surface area contributed by atoms with Gasteiger partial charge < -0.3 is 5.11 Å². The molecule has 0 amide bonds. The Balaban J connectivity index is 3.34. The van der Waals surface area contributed by atoms with Crippen LogP contribution in [0.3, 0.4) is 0 Å². The maximum absolute atomic E-state index is 9.00. The van der Waals surface area contributed by atoms with Crippen molar-refractivity contribution in [3.8, 4) is 5.75 Å². The molecule has 0 bridgehead atoms. The summed E-state index contributed by atoms with van der Waals surface area (Å²) in [6, 6.07) is 0. The maximum atomic E-state index is 9.00. The monoisotopic (exact) mass is 197 g/mol. The lowest BCUT2D eigenvalue weighted by Crippen LogP contribution is -1.77. The molecule has 0 saturated carbocycles. The van der Waals surface area contributed by atoms with Gasteiger partial charge in [-0.25, -0.2) is 4.98 Å². The van der Waals surface area contributed by atoms with E-state index in [-0.39, 0.29) is 20.9 Å². The average molecular weight is 198 g/mol. The van der Waals surface area contributed by atoms with Gasteiger partial charge in [0.1, 0.15) is 10.0 Å². The lowest BCUT2D eigenvalue weighted by atomic mass is 10.4. The number of nitrogens with zero attached hydrogens (tertiary/aromatic N) is 1. The lowest BCUT2D eigenvalue weighted by molar-refractivity contribution is 0.475. The van der Waals surface area contributed by atoms with Gasteiger partial charge in [-0.3, -0.25) is 0 Å². The van der Waals surface area contributed by atoms with Gasteiger partial charge in [-0.2, -0.15) is 0 Å². The molecule has 1 rings (SSSR count). The Morgan fingerprint density at radius 2 is 1.90 bits per heavy atom. The van der Waals surface area contributed by atoms with Crippen LogP contribution in [0.4, 0.5) is 0 Å². The molecule has 1 N–H and O–H groups in total. The third-order valence-corrected chi connectivity index (χ3v) is 1.92. The number of halogens is 3.